The summed E-state index contributed by atoms with van der Waals surface area (Å²) in [7, 11) is 3.99. The lowest BCUT2D eigenvalue weighted by Gasteiger charge is -2.13. The highest BCUT2D eigenvalue weighted by atomic mass is 32.1. The minimum Gasteiger partial charge on any atom is -0.362 e. The van der Waals surface area contributed by atoms with Crippen molar-refractivity contribution < 1.29 is 0 Å². The summed E-state index contributed by atoms with van der Waals surface area (Å²) in [6.45, 7) is 2.88. The molecule has 0 aromatic carbocycles. The monoisotopic (exact) mass is 222 g/mol. The van der Waals surface area contributed by atoms with E-state index in [0.29, 0.717) is 5.95 Å². The molecule has 80 valence electrons. The van der Waals surface area contributed by atoms with Crippen LogP contribution in [-0.2, 0) is 0 Å². The first-order chi connectivity index (χ1) is 7.22. The van der Waals surface area contributed by atoms with E-state index in [1.807, 2.05) is 31.3 Å². The summed E-state index contributed by atoms with van der Waals surface area (Å²) >= 11 is 1.64. The van der Waals surface area contributed by atoms with E-state index in [1.54, 1.807) is 11.3 Å². The van der Waals surface area contributed by atoms with Crippen LogP contribution < -0.4 is 10.2 Å². The second-order valence-corrected chi connectivity index (χ2v) is 4.33. The number of anilines is 2. The SMILES string of the molecule is CCNc1nc(N(C)C)c2ccsc2n1. The first-order valence-electron chi connectivity index (χ1n) is 4.88. The number of hydrogen-bond acceptors (Lipinski definition) is 5. The molecule has 0 spiro atoms. The van der Waals surface area contributed by atoms with E-state index in [-0.39, 0.29) is 0 Å². The van der Waals surface area contributed by atoms with Crippen molar-refractivity contribution in [1.82, 2.24) is 9.97 Å². The molecule has 2 aromatic rings. The molecule has 0 saturated carbocycles. The van der Waals surface area contributed by atoms with Gasteiger partial charge in [-0.15, -0.1) is 11.3 Å². The zero-order valence-corrected chi connectivity index (χ0v) is 9.93. The van der Waals surface area contributed by atoms with Gasteiger partial charge in [-0.3, -0.25) is 0 Å². The van der Waals surface area contributed by atoms with Gasteiger partial charge in [-0.05, 0) is 18.4 Å². The number of nitrogens with zero attached hydrogens (tertiary/aromatic N) is 3. The van der Waals surface area contributed by atoms with Crippen molar-refractivity contribution >= 4 is 33.3 Å². The molecule has 0 aliphatic rings. The fraction of sp³-hybridized carbons (Fsp3) is 0.400. The molecule has 0 amide bonds. The van der Waals surface area contributed by atoms with Gasteiger partial charge in [0, 0.05) is 20.6 Å². The lowest BCUT2D eigenvalue weighted by molar-refractivity contribution is 1.04. The number of hydrogen-bond donors (Lipinski definition) is 1. The largest absolute Gasteiger partial charge is 0.362 e. The molecule has 0 saturated heterocycles. The van der Waals surface area contributed by atoms with E-state index in [9.17, 15) is 0 Å². The van der Waals surface area contributed by atoms with Gasteiger partial charge < -0.3 is 10.2 Å². The average Bonchev–Trinajstić information content (AvgIpc) is 2.64. The maximum Gasteiger partial charge on any atom is 0.226 e. The fourth-order valence-corrected chi connectivity index (χ4v) is 2.18. The second kappa shape index (κ2) is 4.02. The van der Waals surface area contributed by atoms with Crippen LogP contribution in [0, 0.1) is 0 Å². The Balaban J connectivity index is 2.58. The highest BCUT2D eigenvalue weighted by Crippen LogP contribution is 2.27. The minimum atomic E-state index is 0.705. The number of thiophene rings is 1. The highest BCUT2D eigenvalue weighted by Gasteiger charge is 2.09. The predicted molar refractivity (Wildman–Crippen MR) is 65.9 cm³/mol. The van der Waals surface area contributed by atoms with Crippen molar-refractivity contribution in [1.29, 1.82) is 0 Å². The molecule has 5 heteroatoms. The first kappa shape index (κ1) is 10.2. The average molecular weight is 222 g/mol. The van der Waals surface area contributed by atoms with Gasteiger partial charge in [0.15, 0.2) is 0 Å². The van der Waals surface area contributed by atoms with Crippen molar-refractivity contribution in [3.63, 3.8) is 0 Å². The van der Waals surface area contributed by atoms with E-state index >= 15 is 0 Å². The Morgan fingerprint density at radius 3 is 2.87 bits per heavy atom. The highest BCUT2D eigenvalue weighted by molar-refractivity contribution is 7.16. The topological polar surface area (TPSA) is 41.1 Å². The number of aromatic nitrogens is 2. The van der Waals surface area contributed by atoms with Crippen LogP contribution >= 0.6 is 11.3 Å². The zero-order valence-electron chi connectivity index (χ0n) is 9.11. The standard InChI is InChI=1S/C10H14N4S/c1-4-11-10-12-8(14(2)3)7-5-6-15-9(7)13-10/h5-6H,4H2,1-3H3,(H,11,12,13). The van der Waals surface area contributed by atoms with Gasteiger partial charge in [0.2, 0.25) is 5.95 Å². The van der Waals surface area contributed by atoms with Gasteiger partial charge in [0.1, 0.15) is 10.6 Å². The smallest absolute Gasteiger partial charge is 0.226 e. The summed E-state index contributed by atoms with van der Waals surface area (Å²) in [5.41, 5.74) is 0. The Morgan fingerprint density at radius 2 is 2.20 bits per heavy atom. The van der Waals surface area contributed by atoms with E-state index in [1.165, 1.54) is 0 Å². The summed E-state index contributed by atoms with van der Waals surface area (Å²) in [6, 6.07) is 2.06. The van der Waals surface area contributed by atoms with Crippen LogP contribution in [0.2, 0.25) is 0 Å². The molecule has 0 aliphatic heterocycles. The van der Waals surface area contributed by atoms with Crippen molar-refractivity contribution in [3.05, 3.63) is 11.4 Å². The third-order valence-electron chi connectivity index (χ3n) is 2.06. The van der Waals surface area contributed by atoms with Gasteiger partial charge >= 0.3 is 0 Å². The normalized spacial score (nSPS) is 10.6. The quantitative estimate of drug-likeness (QED) is 0.864. The summed E-state index contributed by atoms with van der Waals surface area (Å²) in [4.78, 5) is 12.0. The Kier molecular flexibility index (Phi) is 2.73. The summed E-state index contributed by atoms with van der Waals surface area (Å²) in [5, 5.41) is 6.30. The van der Waals surface area contributed by atoms with Gasteiger partial charge in [0.25, 0.3) is 0 Å². The maximum atomic E-state index is 4.47. The van der Waals surface area contributed by atoms with Crippen molar-refractivity contribution in [2.75, 3.05) is 30.9 Å². The number of fused-ring (bicyclic) bond motifs is 1. The maximum absolute atomic E-state index is 4.47. The molecule has 0 atom stereocenters. The van der Waals surface area contributed by atoms with Crippen LogP contribution in [0.4, 0.5) is 11.8 Å². The van der Waals surface area contributed by atoms with Gasteiger partial charge in [0.05, 0.1) is 5.39 Å². The van der Waals surface area contributed by atoms with Crippen LogP contribution in [0.15, 0.2) is 11.4 Å². The van der Waals surface area contributed by atoms with Crippen molar-refractivity contribution in [2.45, 2.75) is 6.92 Å². The third kappa shape index (κ3) is 1.87. The lowest BCUT2D eigenvalue weighted by atomic mass is 10.3. The first-order valence-corrected chi connectivity index (χ1v) is 5.76. The molecule has 1 N–H and O–H groups in total. The summed E-state index contributed by atoms with van der Waals surface area (Å²) in [5.74, 6) is 1.67. The summed E-state index contributed by atoms with van der Waals surface area (Å²) in [6.07, 6.45) is 0. The van der Waals surface area contributed by atoms with Crippen LogP contribution in [0.1, 0.15) is 6.92 Å². The zero-order chi connectivity index (χ0) is 10.8. The molecule has 0 fully saturated rings. The lowest BCUT2D eigenvalue weighted by Crippen LogP contribution is -2.13. The van der Waals surface area contributed by atoms with Crippen molar-refractivity contribution in [2.24, 2.45) is 0 Å². The minimum absolute atomic E-state index is 0.705. The molecule has 0 radical (unpaired) electrons. The molecule has 2 heterocycles. The van der Waals surface area contributed by atoms with E-state index in [2.05, 4.69) is 21.4 Å². The van der Waals surface area contributed by atoms with Crippen LogP contribution in [0.25, 0.3) is 10.2 Å². The number of rotatable bonds is 3. The summed E-state index contributed by atoms with van der Waals surface area (Å²) < 4.78 is 0. The van der Waals surface area contributed by atoms with Gasteiger partial charge in [-0.1, -0.05) is 0 Å². The van der Waals surface area contributed by atoms with E-state index < -0.39 is 0 Å². The van der Waals surface area contributed by atoms with Crippen LogP contribution in [-0.4, -0.2) is 30.6 Å². The number of nitrogens with one attached hydrogen (secondary N) is 1. The fourth-order valence-electron chi connectivity index (χ4n) is 1.42. The molecular weight excluding hydrogens is 208 g/mol. The van der Waals surface area contributed by atoms with Crippen LogP contribution in [0.5, 0.6) is 0 Å². The molecular formula is C10H14N4S. The molecule has 0 unspecified atom stereocenters. The Hall–Kier alpha value is -1.36. The Morgan fingerprint density at radius 1 is 1.40 bits per heavy atom. The predicted octanol–water partition coefficient (Wildman–Crippen LogP) is 2.19. The molecule has 15 heavy (non-hydrogen) atoms. The molecule has 2 rings (SSSR count). The third-order valence-corrected chi connectivity index (χ3v) is 2.87. The van der Waals surface area contributed by atoms with Crippen molar-refractivity contribution in [3.8, 4) is 0 Å². The van der Waals surface area contributed by atoms with Gasteiger partial charge in [-0.25, -0.2) is 4.98 Å². The Bertz CT molecular complexity index is 463. The molecule has 0 aliphatic carbocycles. The van der Waals surface area contributed by atoms with E-state index in [4.69, 9.17) is 0 Å². The molecule has 0 bridgehead atoms. The Labute approximate surface area is 93.0 Å². The molecule has 2 aromatic heterocycles. The van der Waals surface area contributed by atoms with E-state index in [0.717, 1.165) is 22.6 Å². The van der Waals surface area contributed by atoms with Gasteiger partial charge in [-0.2, -0.15) is 4.98 Å². The van der Waals surface area contributed by atoms with Crippen LogP contribution in [0.3, 0.4) is 0 Å². The second-order valence-electron chi connectivity index (χ2n) is 3.44. The molecule has 4 nitrogen and oxygen atoms in total.